The van der Waals surface area contributed by atoms with Gasteiger partial charge < -0.3 is 30.0 Å². The first-order chi connectivity index (χ1) is 16.8. The summed E-state index contributed by atoms with van der Waals surface area (Å²) in [4.78, 5) is 40.4. The van der Waals surface area contributed by atoms with Crippen LogP contribution in [0, 0.1) is 0 Å². The highest BCUT2D eigenvalue weighted by Gasteiger charge is 2.28. The highest BCUT2D eigenvalue weighted by molar-refractivity contribution is 5.92. The Kier molecular flexibility index (Phi) is 8.50. The predicted molar refractivity (Wildman–Crippen MR) is 129 cm³/mol. The number of H-pyrrole nitrogens is 1. The quantitative estimate of drug-likeness (QED) is 0.327. The summed E-state index contributed by atoms with van der Waals surface area (Å²) < 4.78 is 10.2. The zero-order valence-corrected chi connectivity index (χ0v) is 19.5. The van der Waals surface area contributed by atoms with Crippen molar-refractivity contribution in [3.63, 3.8) is 0 Å². The molecule has 0 bridgehead atoms. The Labute approximate surface area is 202 Å². The normalized spacial score (nSPS) is 11.5. The average molecular weight is 481 g/mol. The molecular formula is C26H28N2O7. The SMILES string of the molecule is CCOC(=O)c1c[nH]c(=O)c(C(CC(=O)NCCc2ccc(O)cc2)c2ccc(OC)cc2)c1O. The van der Waals surface area contributed by atoms with E-state index in [9.17, 15) is 24.6 Å². The minimum atomic E-state index is -0.840. The van der Waals surface area contributed by atoms with Crippen LogP contribution in [0.5, 0.6) is 17.2 Å². The smallest absolute Gasteiger partial charge is 0.343 e. The van der Waals surface area contributed by atoms with E-state index in [0.717, 1.165) is 11.8 Å². The highest BCUT2D eigenvalue weighted by Crippen LogP contribution is 2.34. The number of carbonyl (C=O) groups excluding carboxylic acids is 2. The van der Waals surface area contributed by atoms with Crippen LogP contribution in [0.4, 0.5) is 0 Å². The second-order valence-electron chi connectivity index (χ2n) is 7.81. The van der Waals surface area contributed by atoms with Gasteiger partial charge in [0.05, 0.1) is 19.3 Å². The minimum Gasteiger partial charge on any atom is -0.508 e. The third-order valence-corrected chi connectivity index (χ3v) is 5.53. The molecule has 3 rings (SSSR count). The largest absolute Gasteiger partial charge is 0.508 e. The van der Waals surface area contributed by atoms with Gasteiger partial charge in [-0.05, 0) is 48.7 Å². The highest BCUT2D eigenvalue weighted by atomic mass is 16.5. The van der Waals surface area contributed by atoms with E-state index in [0.29, 0.717) is 24.3 Å². The molecule has 0 fully saturated rings. The van der Waals surface area contributed by atoms with Gasteiger partial charge in [0.15, 0.2) is 0 Å². The van der Waals surface area contributed by atoms with Crippen LogP contribution in [0.1, 0.15) is 46.3 Å². The van der Waals surface area contributed by atoms with Gasteiger partial charge in [0.25, 0.3) is 5.56 Å². The fourth-order valence-electron chi connectivity index (χ4n) is 3.71. The molecule has 184 valence electrons. The number of ether oxygens (including phenoxy) is 2. The van der Waals surface area contributed by atoms with E-state index in [4.69, 9.17) is 9.47 Å². The number of aromatic nitrogens is 1. The molecule has 0 saturated carbocycles. The van der Waals surface area contributed by atoms with E-state index in [1.165, 1.54) is 7.11 Å². The Morgan fingerprint density at radius 1 is 1.06 bits per heavy atom. The van der Waals surface area contributed by atoms with Gasteiger partial charge in [-0.1, -0.05) is 24.3 Å². The van der Waals surface area contributed by atoms with Gasteiger partial charge in [-0.3, -0.25) is 9.59 Å². The molecule has 0 saturated heterocycles. The number of methoxy groups -OCH3 is 1. The van der Waals surface area contributed by atoms with Crippen molar-refractivity contribution >= 4 is 11.9 Å². The molecule has 9 heteroatoms. The Morgan fingerprint density at radius 2 is 1.74 bits per heavy atom. The van der Waals surface area contributed by atoms with E-state index >= 15 is 0 Å². The number of phenols is 1. The van der Waals surface area contributed by atoms with Gasteiger partial charge in [0, 0.05) is 25.1 Å². The van der Waals surface area contributed by atoms with E-state index < -0.39 is 23.2 Å². The predicted octanol–water partition coefficient (Wildman–Crippen LogP) is 2.85. The maximum absolute atomic E-state index is 12.9. The number of benzene rings is 2. The molecule has 1 unspecified atom stereocenters. The molecule has 0 aliphatic rings. The number of amides is 1. The Hall–Kier alpha value is -4.27. The van der Waals surface area contributed by atoms with Crippen molar-refractivity contribution in [3.05, 3.63) is 87.3 Å². The molecule has 9 nitrogen and oxygen atoms in total. The zero-order chi connectivity index (χ0) is 25.4. The van der Waals surface area contributed by atoms with Crippen LogP contribution >= 0.6 is 0 Å². The number of hydrogen-bond donors (Lipinski definition) is 4. The van der Waals surface area contributed by atoms with Crippen molar-refractivity contribution in [2.24, 2.45) is 0 Å². The molecule has 1 amide bonds. The number of nitrogens with one attached hydrogen (secondary N) is 2. The third kappa shape index (κ3) is 6.41. The molecule has 1 heterocycles. The summed E-state index contributed by atoms with van der Waals surface area (Å²) in [5.74, 6) is -1.74. The fraction of sp³-hybridized carbons (Fsp3) is 0.269. The summed E-state index contributed by atoms with van der Waals surface area (Å²) >= 11 is 0. The van der Waals surface area contributed by atoms with Crippen molar-refractivity contribution in [2.75, 3.05) is 20.3 Å². The summed E-state index contributed by atoms with van der Waals surface area (Å²) in [5, 5.41) is 23.1. The average Bonchev–Trinajstić information content (AvgIpc) is 2.85. The second-order valence-corrected chi connectivity index (χ2v) is 7.81. The summed E-state index contributed by atoms with van der Waals surface area (Å²) in [6.07, 6.45) is 1.50. The van der Waals surface area contributed by atoms with E-state index in [2.05, 4.69) is 10.3 Å². The van der Waals surface area contributed by atoms with E-state index in [1.807, 2.05) is 0 Å². The summed E-state index contributed by atoms with van der Waals surface area (Å²) in [5.41, 5.74) is 0.614. The van der Waals surface area contributed by atoms with Crippen LogP contribution in [0.15, 0.2) is 59.5 Å². The van der Waals surface area contributed by atoms with E-state index in [-0.39, 0.29) is 35.8 Å². The molecule has 1 atom stereocenters. The number of hydrogen-bond acceptors (Lipinski definition) is 7. The van der Waals surface area contributed by atoms with Crippen LogP contribution in [-0.4, -0.2) is 47.3 Å². The Bertz CT molecular complexity index is 1220. The lowest BCUT2D eigenvalue weighted by molar-refractivity contribution is -0.121. The Balaban J connectivity index is 1.88. The van der Waals surface area contributed by atoms with E-state index in [1.54, 1.807) is 55.5 Å². The summed E-state index contributed by atoms with van der Waals surface area (Å²) in [7, 11) is 1.52. The molecule has 0 aliphatic carbocycles. The van der Waals surface area contributed by atoms with Crippen molar-refractivity contribution < 1.29 is 29.3 Å². The number of aromatic hydroxyl groups is 2. The molecule has 4 N–H and O–H groups in total. The van der Waals surface area contributed by atoms with Crippen molar-refractivity contribution in [1.29, 1.82) is 0 Å². The monoisotopic (exact) mass is 480 g/mol. The van der Waals surface area contributed by atoms with Gasteiger partial charge in [0.2, 0.25) is 5.91 Å². The third-order valence-electron chi connectivity index (χ3n) is 5.53. The van der Waals surface area contributed by atoms with Gasteiger partial charge in [0.1, 0.15) is 22.8 Å². The molecule has 0 radical (unpaired) electrons. The van der Waals surface area contributed by atoms with Crippen molar-refractivity contribution in [3.8, 4) is 17.2 Å². The number of phenolic OH excluding ortho intramolecular Hbond substituents is 1. The number of pyridine rings is 1. The molecule has 2 aromatic carbocycles. The van der Waals surface area contributed by atoms with Gasteiger partial charge in [-0.25, -0.2) is 4.79 Å². The van der Waals surface area contributed by atoms with Crippen LogP contribution < -0.4 is 15.6 Å². The number of esters is 1. The lowest BCUT2D eigenvalue weighted by Crippen LogP contribution is -2.29. The van der Waals surface area contributed by atoms with Gasteiger partial charge in [-0.2, -0.15) is 0 Å². The van der Waals surface area contributed by atoms with Crippen LogP contribution in [0.3, 0.4) is 0 Å². The van der Waals surface area contributed by atoms with Crippen LogP contribution in [0.2, 0.25) is 0 Å². The molecular weight excluding hydrogens is 452 g/mol. The minimum absolute atomic E-state index is 0.0953. The maximum Gasteiger partial charge on any atom is 0.343 e. The number of rotatable bonds is 10. The topological polar surface area (TPSA) is 138 Å². The second kappa shape index (κ2) is 11.7. The van der Waals surface area contributed by atoms with Gasteiger partial charge >= 0.3 is 5.97 Å². The first-order valence-corrected chi connectivity index (χ1v) is 11.1. The number of carbonyl (C=O) groups is 2. The zero-order valence-electron chi connectivity index (χ0n) is 19.5. The standard InChI is InChI=1S/C26H28N2O7/c1-3-35-26(33)21-15-28-25(32)23(24(21)31)20(17-6-10-19(34-2)11-7-17)14-22(30)27-13-12-16-4-8-18(29)9-5-16/h4-11,15,20,29H,3,12-14H2,1-2H3,(H,27,30)(H2,28,31,32). The molecule has 0 spiro atoms. The first kappa shape index (κ1) is 25.4. The summed E-state index contributed by atoms with van der Waals surface area (Å²) in [6, 6.07) is 13.4. The lowest BCUT2D eigenvalue weighted by Gasteiger charge is -2.19. The fourth-order valence-corrected chi connectivity index (χ4v) is 3.71. The van der Waals surface area contributed by atoms with Crippen LogP contribution in [0.25, 0.3) is 0 Å². The maximum atomic E-state index is 12.9. The lowest BCUT2D eigenvalue weighted by atomic mass is 9.87. The van der Waals surface area contributed by atoms with Crippen molar-refractivity contribution in [2.45, 2.75) is 25.7 Å². The molecule has 0 aliphatic heterocycles. The van der Waals surface area contributed by atoms with Crippen molar-refractivity contribution in [1.82, 2.24) is 10.3 Å². The Morgan fingerprint density at radius 3 is 2.37 bits per heavy atom. The molecule has 1 aromatic heterocycles. The molecule has 35 heavy (non-hydrogen) atoms. The first-order valence-electron chi connectivity index (χ1n) is 11.1. The van der Waals surface area contributed by atoms with Gasteiger partial charge in [-0.15, -0.1) is 0 Å². The summed E-state index contributed by atoms with van der Waals surface area (Å²) in [6.45, 7) is 2.06. The number of aromatic amines is 1. The molecule has 3 aromatic rings. The van der Waals surface area contributed by atoms with Crippen LogP contribution in [-0.2, 0) is 16.0 Å².